The van der Waals surface area contributed by atoms with Crippen molar-refractivity contribution in [3.8, 4) is 0 Å². The van der Waals surface area contributed by atoms with Crippen LogP contribution >= 0.6 is 11.6 Å². The SMILES string of the molecule is Clc1ccc(C(NC2CCOC2C2CC2)C2CC2)cc1. The number of ether oxygens (including phenoxy) is 1. The maximum atomic E-state index is 6.01. The number of rotatable bonds is 5. The number of nitrogens with one attached hydrogen (secondary N) is 1. The lowest BCUT2D eigenvalue weighted by Crippen LogP contribution is -2.40. The Morgan fingerprint density at radius 3 is 2.45 bits per heavy atom. The first-order valence-electron chi connectivity index (χ1n) is 7.94. The highest BCUT2D eigenvalue weighted by molar-refractivity contribution is 6.30. The van der Waals surface area contributed by atoms with Gasteiger partial charge in [0.15, 0.2) is 0 Å². The van der Waals surface area contributed by atoms with Crippen molar-refractivity contribution in [3.05, 3.63) is 34.9 Å². The maximum Gasteiger partial charge on any atom is 0.0757 e. The van der Waals surface area contributed by atoms with Crippen molar-refractivity contribution in [3.63, 3.8) is 0 Å². The molecule has 3 atom stereocenters. The van der Waals surface area contributed by atoms with Crippen molar-refractivity contribution in [1.29, 1.82) is 0 Å². The second-order valence-electron chi connectivity index (χ2n) is 6.60. The van der Waals surface area contributed by atoms with Crippen LogP contribution in [0.1, 0.15) is 43.7 Å². The predicted octanol–water partition coefficient (Wildman–Crippen LogP) is 3.95. The van der Waals surface area contributed by atoms with Crippen LogP contribution in [0.5, 0.6) is 0 Å². The normalized spacial score (nSPS) is 31.4. The molecule has 3 heteroatoms. The molecule has 2 saturated carbocycles. The first-order chi connectivity index (χ1) is 9.81. The molecule has 0 bridgehead atoms. The van der Waals surface area contributed by atoms with Gasteiger partial charge in [0.05, 0.1) is 6.10 Å². The lowest BCUT2D eigenvalue weighted by Gasteiger charge is -2.27. The molecule has 4 rings (SSSR count). The van der Waals surface area contributed by atoms with Gasteiger partial charge in [-0.3, -0.25) is 0 Å². The van der Waals surface area contributed by atoms with Crippen LogP contribution < -0.4 is 5.32 Å². The summed E-state index contributed by atoms with van der Waals surface area (Å²) in [6.45, 7) is 0.927. The zero-order valence-corrected chi connectivity index (χ0v) is 12.5. The Bertz CT molecular complexity index is 466. The Kier molecular flexibility index (Phi) is 3.49. The maximum absolute atomic E-state index is 6.01. The van der Waals surface area contributed by atoms with Gasteiger partial charge in [0.25, 0.3) is 0 Å². The molecule has 0 aromatic heterocycles. The molecule has 0 amide bonds. The summed E-state index contributed by atoms with van der Waals surface area (Å²) in [5.74, 6) is 1.62. The van der Waals surface area contributed by atoms with Crippen LogP contribution in [0.25, 0.3) is 0 Å². The van der Waals surface area contributed by atoms with Crippen LogP contribution in [0.3, 0.4) is 0 Å². The summed E-state index contributed by atoms with van der Waals surface area (Å²) in [6, 6.07) is 9.42. The molecule has 1 aromatic carbocycles. The van der Waals surface area contributed by atoms with Gasteiger partial charge in [-0.05, 0) is 61.6 Å². The third-order valence-electron chi connectivity index (χ3n) is 4.94. The molecule has 3 unspecified atom stereocenters. The van der Waals surface area contributed by atoms with E-state index in [4.69, 9.17) is 16.3 Å². The van der Waals surface area contributed by atoms with Gasteiger partial charge in [-0.15, -0.1) is 0 Å². The molecule has 3 fully saturated rings. The van der Waals surface area contributed by atoms with E-state index >= 15 is 0 Å². The molecule has 0 spiro atoms. The largest absolute Gasteiger partial charge is 0.376 e. The van der Waals surface area contributed by atoms with Gasteiger partial charge >= 0.3 is 0 Å². The van der Waals surface area contributed by atoms with Gasteiger partial charge in [0.1, 0.15) is 0 Å². The average molecular weight is 292 g/mol. The fraction of sp³-hybridized carbons (Fsp3) is 0.647. The second-order valence-corrected chi connectivity index (χ2v) is 7.04. The molecular formula is C17H22ClNO. The fourth-order valence-electron chi connectivity index (χ4n) is 3.51. The molecule has 2 aliphatic carbocycles. The number of halogens is 1. The summed E-state index contributed by atoms with van der Waals surface area (Å²) in [4.78, 5) is 0. The van der Waals surface area contributed by atoms with E-state index in [2.05, 4.69) is 17.4 Å². The summed E-state index contributed by atoms with van der Waals surface area (Å²) < 4.78 is 5.96. The van der Waals surface area contributed by atoms with E-state index in [9.17, 15) is 0 Å². The van der Waals surface area contributed by atoms with Crippen LogP contribution in [0.2, 0.25) is 5.02 Å². The van der Waals surface area contributed by atoms with E-state index in [1.807, 2.05) is 12.1 Å². The van der Waals surface area contributed by atoms with E-state index in [0.717, 1.165) is 29.9 Å². The average Bonchev–Trinajstić information content (AvgIpc) is 3.37. The predicted molar refractivity (Wildman–Crippen MR) is 80.9 cm³/mol. The van der Waals surface area contributed by atoms with Crippen molar-refractivity contribution in [2.45, 2.75) is 50.3 Å². The zero-order chi connectivity index (χ0) is 13.5. The molecule has 1 saturated heterocycles. The van der Waals surface area contributed by atoms with E-state index < -0.39 is 0 Å². The molecule has 2 nitrogen and oxygen atoms in total. The van der Waals surface area contributed by atoms with Crippen LogP contribution in [-0.4, -0.2) is 18.8 Å². The third-order valence-corrected chi connectivity index (χ3v) is 5.19. The summed E-state index contributed by atoms with van der Waals surface area (Å²) in [6.07, 6.45) is 7.04. The first-order valence-corrected chi connectivity index (χ1v) is 8.32. The fourth-order valence-corrected chi connectivity index (χ4v) is 3.64. The van der Waals surface area contributed by atoms with Crippen molar-refractivity contribution >= 4 is 11.6 Å². The molecule has 0 radical (unpaired) electrons. The second kappa shape index (κ2) is 5.32. The van der Waals surface area contributed by atoms with Gasteiger partial charge in [0, 0.05) is 23.7 Å². The molecule has 1 aromatic rings. The summed E-state index contributed by atoms with van der Waals surface area (Å²) in [7, 11) is 0. The van der Waals surface area contributed by atoms with Gasteiger partial charge in [-0.2, -0.15) is 0 Å². The van der Waals surface area contributed by atoms with E-state index in [0.29, 0.717) is 18.2 Å². The first kappa shape index (κ1) is 13.1. The van der Waals surface area contributed by atoms with Crippen LogP contribution in [-0.2, 0) is 4.74 Å². The van der Waals surface area contributed by atoms with Crippen molar-refractivity contribution in [1.82, 2.24) is 5.32 Å². The lowest BCUT2D eigenvalue weighted by molar-refractivity contribution is 0.0782. The number of hydrogen-bond donors (Lipinski definition) is 1. The minimum atomic E-state index is 0.462. The Balaban J connectivity index is 1.49. The van der Waals surface area contributed by atoms with Gasteiger partial charge < -0.3 is 10.1 Å². The van der Waals surface area contributed by atoms with E-state index in [1.54, 1.807) is 0 Å². The standard InChI is InChI=1S/C17H22ClNO/c18-14-7-5-12(6-8-14)16(11-1-2-11)19-15-9-10-20-17(15)13-3-4-13/h5-8,11,13,15-17,19H,1-4,9-10H2. The van der Waals surface area contributed by atoms with Gasteiger partial charge in [-0.25, -0.2) is 0 Å². The number of hydrogen-bond acceptors (Lipinski definition) is 2. The lowest BCUT2D eigenvalue weighted by atomic mass is 9.98. The highest BCUT2D eigenvalue weighted by atomic mass is 35.5. The van der Waals surface area contributed by atoms with Crippen LogP contribution in [0.4, 0.5) is 0 Å². The highest BCUT2D eigenvalue weighted by Crippen LogP contribution is 2.44. The van der Waals surface area contributed by atoms with E-state index in [1.165, 1.54) is 31.2 Å². The molecule has 20 heavy (non-hydrogen) atoms. The van der Waals surface area contributed by atoms with E-state index in [-0.39, 0.29) is 0 Å². The molecule has 1 N–H and O–H groups in total. The topological polar surface area (TPSA) is 21.3 Å². The molecular weight excluding hydrogens is 270 g/mol. The Labute approximate surface area is 125 Å². The summed E-state index contributed by atoms with van der Waals surface area (Å²) >= 11 is 6.01. The van der Waals surface area contributed by atoms with Crippen molar-refractivity contribution < 1.29 is 4.74 Å². The monoisotopic (exact) mass is 291 g/mol. The number of benzene rings is 1. The molecule has 108 valence electrons. The summed E-state index contributed by atoms with van der Waals surface area (Å²) in [5, 5.41) is 4.74. The minimum absolute atomic E-state index is 0.462. The molecule has 1 heterocycles. The Morgan fingerprint density at radius 1 is 1.05 bits per heavy atom. The molecule has 3 aliphatic rings. The Hall–Kier alpha value is -0.570. The van der Waals surface area contributed by atoms with Gasteiger partial charge in [0.2, 0.25) is 0 Å². The van der Waals surface area contributed by atoms with Crippen LogP contribution in [0, 0.1) is 11.8 Å². The Morgan fingerprint density at radius 2 is 1.80 bits per heavy atom. The third kappa shape index (κ3) is 2.74. The minimum Gasteiger partial charge on any atom is -0.376 e. The molecule has 1 aliphatic heterocycles. The van der Waals surface area contributed by atoms with Crippen LogP contribution in [0.15, 0.2) is 24.3 Å². The van der Waals surface area contributed by atoms with Gasteiger partial charge in [-0.1, -0.05) is 23.7 Å². The smallest absolute Gasteiger partial charge is 0.0757 e. The quantitative estimate of drug-likeness (QED) is 0.887. The van der Waals surface area contributed by atoms with Crippen molar-refractivity contribution in [2.24, 2.45) is 11.8 Å². The summed E-state index contributed by atoms with van der Waals surface area (Å²) in [5.41, 5.74) is 1.39. The zero-order valence-electron chi connectivity index (χ0n) is 11.7. The van der Waals surface area contributed by atoms with Crippen molar-refractivity contribution in [2.75, 3.05) is 6.61 Å². The highest BCUT2D eigenvalue weighted by Gasteiger charge is 2.43.